The first-order valence-electron chi connectivity index (χ1n) is 12.5. The first-order valence-corrected chi connectivity index (χ1v) is 12.5. The second-order valence-electron chi connectivity index (χ2n) is 11.7. The van der Waals surface area contributed by atoms with Crippen molar-refractivity contribution in [3.8, 4) is 5.75 Å². The van der Waals surface area contributed by atoms with E-state index in [4.69, 9.17) is 10.5 Å². The van der Waals surface area contributed by atoms with Crippen molar-refractivity contribution in [2.75, 3.05) is 37.7 Å². The van der Waals surface area contributed by atoms with Gasteiger partial charge in [0.25, 0.3) is 0 Å². The highest BCUT2D eigenvalue weighted by molar-refractivity contribution is 5.50. The third-order valence-electron chi connectivity index (χ3n) is 5.98. The number of likely N-dealkylation sites (tertiary alicyclic amines) is 1. The third-order valence-corrected chi connectivity index (χ3v) is 5.98. The average molecular weight is 432 g/mol. The smallest absolute Gasteiger partial charge is 0.119 e. The van der Waals surface area contributed by atoms with Crippen LogP contribution in [0.5, 0.6) is 5.75 Å². The van der Waals surface area contributed by atoms with E-state index in [9.17, 15) is 0 Å². The molecule has 1 aliphatic rings. The molecule has 1 aromatic carbocycles. The molecule has 4 nitrogen and oxygen atoms in total. The molecule has 1 fully saturated rings. The zero-order chi connectivity index (χ0) is 23.0. The maximum atomic E-state index is 6.44. The third kappa shape index (κ3) is 9.82. The molecule has 1 saturated heterocycles. The highest BCUT2D eigenvalue weighted by atomic mass is 16.5. The number of nitrogens with zero attached hydrogens (tertiary/aromatic N) is 2. The van der Waals surface area contributed by atoms with Gasteiger partial charge in [-0.1, -0.05) is 48.5 Å². The van der Waals surface area contributed by atoms with Crippen LogP contribution in [-0.4, -0.2) is 49.8 Å². The molecule has 0 aliphatic carbocycles. The average Bonchev–Trinajstić information content (AvgIpc) is 2.66. The lowest BCUT2D eigenvalue weighted by Crippen LogP contribution is -2.51. The summed E-state index contributed by atoms with van der Waals surface area (Å²) in [6.07, 6.45) is 4.83. The minimum absolute atomic E-state index is 0.171. The first-order chi connectivity index (χ1) is 14.5. The fourth-order valence-corrected chi connectivity index (χ4v) is 4.42. The minimum atomic E-state index is 0.171. The van der Waals surface area contributed by atoms with Gasteiger partial charge in [-0.05, 0) is 73.7 Å². The van der Waals surface area contributed by atoms with Gasteiger partial charge in [0.2, 0.25) is 0 Å². The summed E-state index contributed by atoms with van der Waals surface area (Å²) in [7, 11) is 0. The molecule has 4 heteroatoms. The molecule has 2 atom stereocenters. The Morgan fingerprint density at radius 2 is 1.77 bits per heavy atom. The number of piperidine rings is 1. The molecular weight excluding hydrogens is 382 g/mol. The van der Waals surface area contributed by atoms with Crippen LogP contribution in [0, 0.1) is 17.3 Å². The van der Waals surface area contributed by atoms with Crippen LogP contribution in [0.2, 0.25) is 0 Å². The summed E-state index contributed by atoms with van der Waals surface area (Å²) < 4.78 is 6.00. The van der Waals surface area contributed by atoms with Crippen molar-refractivity contribution in [1.82, 2.24) is 4.90 Å². The number of benzene rings is 1. The molecule has 0 spiro atoms. The maximum absolute atomic E-state index is 6.44. The molecule has 31 heavy (non-hydrogen) atoms. The van der Waals surface area contributed by atoms with Gasteiger partial charge in [0.1, 0.15) is 5.75 Å². The van der Waals surface area contributed by atoms with E-state index in [1.807, 2.05) is 0 Å². The summed E-state index contributed by atoms with van der Waals surface area (Å²) >= 11 is 0. The second-order valence-corrected chi connectivity index (χ2v) is 11.7. The minimum Gasteiger partial charge on any atom is -0.493 e. The molecule has 2 N–H and O–H groups in total. The summed E-state index contributed by atoms with van der Waals surface area (Å²) in [6.45, 7) is 20.9. The Kier molecular flexibility index (Phi) is 10.2. The van der Waals surface area contributed by atoms with E-state index >= 15 is 0 Å². The Morgan fingerprint density at radius 3 is 2.35 bits per heavy atom. The number of nitrogens with two attached hydrogens (primary N) is 1. The Bertz CT molecular complexity index is 620. The van der Waals surface area contributed by atoms with Crippen LogP contribution in [0.3, 0.4) is 0 Å². The van der Waals surface area contributed by atoms with Crippen LogP contribution in [0.15, 0.2) is 24.3 Å². The number of hydrogen-bond donors (Lipinski definition) is 1. The van der Waals surface area contributed by atoms with E-state index in [1.165, 1.54) is 31.5 Å². The number of anilines is 1. The summed E-state index contributed by atoms with van der Waals surface area (Å²) in [5.74, 6) is 2.33. The number of rotatable bonds is 11. The van der Waals surface area contributed by atoms with E-state index in [0.717, 1.165) is 38.4 Å². The van der Waals surface area contributed by atoms with Gasteiger partial charge in [0.15, 0.2) is 0 Å². The van der Waals surface area contributed by atoms with Crippen molar-refractivity contribution in [3.63, 3.8) is 0 Å². The van der Waals surface area contributed by atoms with E-state index in [-0.39, 0.29) is 11.5 Å². The predicted molar refractivity (Wildman–Crippen MR) is 135 cm³/mol. The van der Waals surface area contributed by atoms with E-state index in [2.05, 4.69) is 82.5 Å². The largest absolute Gasteiger partial charge is 0.493 e. The highest BCUT2D eigenvalue weighted by Crippen LogP contribution is 2.27. The highest BCUT2D eigenvalue weighted by Gasteiger charge is 2.27. The van der Waals surface area contributed by atoms with Crippen molar-refractivity contribution >= 4 is 5.69 Å². The van der Waals surface area contributed by atoms with Gasteiger partial charge in [-0.3, -0.25) is 4.90 Å². The molecule has 0 aromatic heterocycles. The van der Waals surface area contributed by atoms with Crippen LogP contribution >= 0.6 is 0 Å². The van der Waals surface area contributed by atoms with Gasteiger partial charge in [-0.25, -0.2) is 0 Å². The van der Waals surface area contributed by atoms with Gasteiger partial charge in [0.05, 0.1) is 6.61 Å². The van der Waals surface area contributed by atoms with Crippen molar-refractivity contribution < 1.29 is 4.74 Å². The molecule has 1 unspecified atom stereocenters. The lowest BCUT2D eigenvalue weighted by molar-refractivity contribution is 0.187. The molecule has 1 aromatic rings. The van der Waals surface area contributed by atoms with Crippen molar-refractivity contribution in [2.45, 2.75) is 86.2 Å². The van der Waals surface area contributed by atoms with Crippen molar-refractivity contribution in [2.24, 2.45) is 23.0 Å². The summed E-state index contributed by atoms with van der Waals surface area (Å²) in [5, 5.41) is 0. The van der Waals surface area contributed by atoms with E-state index in [0.29, 0.717) is 17.9 Å². The zero-order valence-electron chi connectivity index (χ0n) is 21.4. The van der Waals surface area contributed by atoms with Gasteiger partial charge in [-0.2, -0.15) is 0 Å². The summed E-state index contributed by atoms with van der Waals surface area (Å²) in [6, 6.07) is 9.62. The monoisotopic (exact) mass is 431 g/mol. The van der Waals surface area contributed by atoms with Crippen molar-refractivity contribution in [3.05, 3.63) is 24.3 Å². The zero-order valence-corrected chi connectivity index (χ0v) is 21.4. The maximum Gasteiger partial charge on any atom is 0.119 e. The first kappa shape index (κ1) is 26.0. The molecule has 0 radical (unpaired) electrons. The molecule has 0 saturated carbocycles. The molecule has 0 bridgehead atoms. The van der Waals surface area contributed by atoms with Crippen molar-refractivity contribution in [1.29, 1.82) is 0 Å². The van der Waals surface area contributed by atoms with Gasteiger partial charge in [-0.15, -0.1) is 0 Å². The Hall–Kier alpha value is -1.26. The molecule has 1 heterocycles. The SMILES string of the molecule is CC(C)CCN(c1ccc(OCC(C)(C)C)cc1)[C@H]1CCCN(CC(N)CC(C)C)C1. The fourth-order valence-electron chi connectivity index (χ4n) is 4.42. The number of ether oxygens (including phenoxy) is 1. The Labute approximate surface area is 192 Å². The summed E-state index contributed by atoms with van der Waals surface area (Å²) in [5.41, 5.74) is 7.93. The van der Waals surface area contributed by atoms with Crippen LogP contribution < -0.4 is 15.4 Å². The van der Waals surface area contributed by atoms with E-state index < -0.39 is 0 Å². The molecule has 1 aliphatic heterocycles. The molecule has 0 amide bonds. The van der Waals surface area contributed by atoms with Gasteiger partial charge in [0, 0.05) is 37.4 Å². The van der Waals surface area contributed by atoms with Gasteiger partial charge >= 0.3 is 0 Å². The van der Waals surface area contributed by atoms with Crippen LogP contribution in [0.25, 0.3) is 0 Å². The standard InChI is InChI=1S/C27H49N3O/c1-21(2)14-16-30(24-10-12-26(13-11-24)31-20-27(5,6)7)25-9-8-15-29(19-25)18-23(28)17-22(3)4/h10-13,21-23,25H,8-9,14-20,28H2,1-7H3/t23?,25-/m0/s1. The summed E-state index contributed by atoms with van der Waals surface area (Å²) in [4.78, 5) is 5.25. The van der Waals surface area contributed by atoms with Crippen LogP contribution in [0.1, 0.15) is 74.1 Å². The molecule has 2 rings (SSSR count). The molecule has 178 valence electrons. The number of hydrogen-bond acceptors (Lipinski definition) is 4. The topological polar surface area (TPSA) is 41.7 Å². The fraction of sp³-hybridized carbons (Fsp3) is 0.778. The Balaban J connectivity index is 2.06. The van der Waals surface area contributed by atoms with Gasteiger partial charge < -0.3 is 15.4 Å². The lowest BCUT2D eigenvalue weighted by Gasteiger charge is -2.42. The quantitative estimate of drug-likeness (QED) is 0.481. The Morgan fingerprint density at radius 1 is 1.10 bits per heavy atom. The molecular formula is C27H49N3O. The van der Waals surface area contributed by atoms with E-state index in [1.54, 1.807) is 0 Å². The normalized spacial score (nSPS) is 19.1. The second kappa shape index (κ2) is 12.1. The predicted octanol–water partition coefficient (Wildman–Crippen LogP) is 5.80. The lowest BCUT2D eigenvalue weighted by atomic mass is 9.98. The van der Waals surface area contributed by atoms with Crippen LogP contribution in [0.4, 0.5) is 5.69 Å². The van der Waals surface area contributed by atoms with Crippen LogP contribution in [-0.2, 0) is 0 Å².